The standard InChI is InChI=1S/C18H11BrFN3/c19-15-7-3-1-6-12(15)17-9-13(14(10-21)18(22)23-17)11-5-2-4-8-16(11)20/h1-9H,(H2,22,23). The van der Waals surface area contributed by atoms with Gasteiger partial charge in [0.1, 0.15) is 23.3 Å². The van der Waals surface area contributed by atoms with Gasteiger partial charge in [0.05, 0.1) is 5.69 Å². The van der Waals surface area contributed by atoms with E-state index in [1.54, 1.807) is 24.3 Å². The second-order valence-corrected chi connectivity index (χ2v) is 5.74. The third kappa shape index (κ3) is 2.81. The maximum Gasteiger partial charge on any atom is 0.142 e. The molecule has 3 aromatic rings. The number of aromatic nitrogens is 1. The number of pyridine rings is 1. The number of nitrogens with zero attached hydrogens (tertiary/aromatic N) is 2. The Kier molecular flexibility index (Phi) is 4.09. The predicted molar refractivity (Wildman–Crippen MR) is 91.9 cm³/mol. The average Bonchev–Trinajstić information content (AvgIpc) is 2.55. The summed E-state index contributed by atoms with van der Waals surface area (Å²) < 4.78 is 15.0. The molecular formula is C18H11BrFN3. The Balaban J connectivity index is 2.30. The van der Waals surface area contributed by atoms with E-state index in [1.165, 1.54) is 6.07 Å². The van der Waals surface area contributed by atoms with Gasteiger partial charge in [0.2, 0.25) is 0 Å². The molecule has 112 valence electrons. The first-order valence-corrected chi connectivity index (χ1v) is 7.61. The monoisotopic (exact) mass is 367 g/mol. The van der Waals surface area contributed by atoms with E-state index in [9.17, 15) is 9.65 Å². The Bertz CT molecular complexity index is 932. The van der Waals surface area contributed by atoms with Crippen molar-refractivity contribution in [3.8, 4) is 28.5 Å². The van der Waals surface area contributed by atoms with Crippen LogP contribution in [-0.4, -0.2) is 4.98 Å². The lowest BCUT2D eigenvalue weighted by molar-refractivity contribution is 0.631. The summed E-state index contributed by atoms with van der Waals surface area (Å²) in [6.45, 7) is 0. The van der Waals surface area contributed by atoms with Gasteiger partial charge in [-0.3, -0.25) is 0 Å². The van der Waals surface area contributed by atoms with E-state index in [0.717, 1.165) is 10.0 Å². The number of halogens is 2. The lowest BCUT2D eigenvalue weighted by Gasteiger charge is -2.11. The summed E-state index contributed by atoms with van der Waals surface area (Å²) in [6, 6.07) is 17.5. The van der Waals surface area contributed by atoms with Crippen LogP contribution in [0.15, 0.2) is 59.1 Å². The van der Waals surface area contributed by atoms with E-state index in [4.69, 9.17) is 5.73 Å². The predicted octanol–water partition coefficient (Wildman–Crippen LogP) is 4.77. The number of nitrogens with two attached hydrogens (primary N) is 1. The van der Waals surface area contributed by atoms with Crippen LogP contribution in [0.25, 0.3) is 22.4 Å². The van der Waals surface area contributed by atoms with Gasteiger partial charge < -0.3 is 5.73 Å². The van der Waals surface area contributed by atoms with Gasteiger partial charge in [-0.1, -0.05) is 52.3 Å². The van der Waals surface area contributed by atoms with Crippen molar-refractivity contribution in [3.63, 3.8) is 0 Å². The second kappa shape index (κ2) is 6.19. The highest BCUT2D eigenvalue weighted by Gasteiger charge is 2.16. The van der Waals surface area contributed by atoms with Crippen LogP contribution in [0.3, 0.4) is 0 Å². The van der Waals surface area contributed by atoms with Crippen molar-refractivity contribution in [2.24, 2.45) is 0 Å². The molecule has 0 aliphatic rings. The van der Waals surface area contributed by atoms with Crippen molar-refractivity contribution < 1.29 is 4.39 Å². The van der Waals surface area contributed by atoms with Gasteiger partial charge in [0, 0.05) is 21.2 Å². The van der Waals surface area contributed by atoms with Gasteiger partial charge in [-0.2, -0.15) is 5.26 Å². The summed E-state index contributed by atoms with van der Waals surface area (Å²) in [7, 11) is 0. The lowest BCUT2D eigenvalue weighted by atomic mass is 9.98. The molecule has 0 spiro atoms. The zero-order chi connectivity index (χ0) is 16.4. The number of anilines is 1. The van der Waals surface area contributed by atoms with E-state index in [1.807, 2.05) is 30.3 Å². The summed E-state index contributed by atoms with van der Waals surface area (Å²) in [5.41, 5.74) is 8.26. The molecule has 23 heavy (non-hydrogen) atoms. The largest absolute Gasteiger partial charge is 0.383 e. The molecule has 0 amide bonds. The zero-order valence-corrected chi connectivity index (χ0v) is 13.5. The minimum atomic E-state index is -0.410. The van der Waals surface area contributed by atoms with Crippen LogP contribution in [0, 0.1) is 17.1 Å². The van der Waals surface area contributed by atoms with Gasteiger partial charge in [0.25, 0.3) is 0 Å². The Morgan fingerprint density at radius 1 is 1.00 bits per heavy atom. The SMILES string of the molecule is N#Cc1c(-c2ccccc2F)cc(-c2ccccc2Br)nc1N. The van der Waals surface area contributed by atoms with E-state index in [-0.39, 0.29) is 11.4 Å². The third-order valence-electron chi connectivity index (χ3n) is 3.47. The zero-order valence-electron chi connectivity index (χ0n) is 11.9. The first-order valence-electron chi connectivity index (χ1n) is 6.82. The number of nitrogen functional groups attached to an aromatic ring is 1. The molecule has 0 saturated heterocycles. The van der Waals surface area contributed by atoms with E-state index < -0.39 is 5.82 Å². The highest BCUT2D eigenvalue weighted by molar-refractivity contribution is 9.10. The van der Waals surface area contributed by atoms with Crippen molar-refractivity contribution in [3.05, 3.63) is 70.5 Å². The summed E-state index contributed by atoms with van der Waals surface area (Å²) in [5, 5.41) is 9.37. The number of rotatable bonds is 2. The minimum absolute atomic E-state index is 0.0824. The van der Waals surface area contributed by atoms with Crippen molar-refractivity contribution in [2.45, 2.75) is 0 Å². The fourth-order valence-corrected chi connectivity index (χ4v) is 2.87. The molecule has 0 aliphatic carbocycles. The van der Waals surface area contributed by atoms with Gasteiger partial charge in [-0.25, -0.2) is 9.37 Å². The summed E-state index contributed by atoms with van der Waals surface area (Å²) in [5.74, 6) is -0.327. The molecule has 0 saturated carbocycles. The minimum Gasteiger partial charge on any atom is -0.383 e. The Morgan fingerprint density at radius 3 is 2.30 bits per heavy atom. The molecule has 1 heterocycles. The summed E-state index contributed by atoms with van der Waals surface area (Å²) in [6.07, 6.45) is 0. The van der Waals surface area contributed by atoms with Crippen molar-refractivity contribution in [1.29, 1.82) is 5.26 Å². The van der Waals surface area contributed by atoms with Crippen LogP contribution in [0.2, 0.25) is 0 Å². The molecule has 0 atom stereocenters. The van der Waals surface area contributed by atoms with Crippen molar-refractivity contribution >= 4 is 21.7 Å². The summed E-state index contributed by atoms with van der Waals surface area (Å²) in [4.78, 5) is 4.29. The fraction of sp³-hybridized carbons (Fsp3) is 0. The number of hydrogen-bond donors (Lipinski definition) is 1. The second-order valence-electron chi connectivity index (χ2n) is 4.89. The van der Waals surface area contributed by atoms with Crippen LogP contribution in [0.5, 0.6) is 0 Å². The highest BCUT2D eigenvalue weighted by Crippen LogP contribution is 2.34. The number of benzene rings is 2. The Morgan fingerprint density at radius 2 is 1.65 bits per heavy atom. The molecule has 0 unspecified atom stereocenters. The van der Waals surface area contributed by atoms with Crippen LogP contribution < -0.4 is 5.73 Å². The van der Waals surface area contributed by atoms with Crippen molar-refractivity contribution in [1.82, 2.24) is 4.98 Å². The Labute approximate surface area is 141 Å². The molecule has 3 rings (SSSR count). The van der Waals surface area contributed by atoms with Gasteiger partial charge in [-0.15, -0.1) is 0 Å². The van der Waals surface area contributed by atoms with Gasteiger partial charge >= 0.3 is 0 Å². The maximum atomic E-state index is 14.2. The smallest absolute Gasteiger partial charge is 0.142 e. The lowest BCUT2D eigenvalue weighted by Crippen LogP contribution is -2.00. The first kappa shape index (κ1) is 15.2. The molecule has 3 nitrogen and oxygen atoms in total. The molecular weight excluding hydrogens is 357 g/mol. The van der Waals surface area contributed by atoms with Crippen LogP contribution in [0.1, 0.15) is 5.56 Å². The maximum absolute atomic E-state index is 14.2. The molecule has 1 aromatic heterocycles. The first-order chi connectivity index (χ1) is 11.1. The topological polar surface area (TPSA) is 62.7 Å². The molecule has 0 radical (unpaired) electrons. The third-order valence-corrected chi connectivity index (χ3v) is 4.16. The molecule has 0 aliphatic heterocycles. The number of hydrogen-bond acceptors (Lipinski definition) is 3. The molecule has 2 aromatic carbocycles. The van der Waals surface area contributed by atoms with Gasteiger partial charge in [-0.05, 0) is 18.2 Å². The summed E-state index contributed by atoms with van der Waals surface area (Å²) >= 11 is 3.47. The van der Waals surface area contributed by atoms with Crippen molar-refractivity contribution in [2.75, 3.05) is 5.73 Å². The Hall–Kier alpha value is -2.71. The number of nitriles is 1. The highest BCUT2D eigenvalue weighted by atomic mass is 79.9. The molecule has 2 N–H and O–H groups in total. The van der Waals surface area contributed by atoms with E-state index in [0.29, 0.717) is 16.8 Å². The van der Waals surface area contributed by atoms with Crippen LogP contribution in [0.4, 0.5) is 10.2 Å². The van der Waals surface area contributed by atoms with Crippen LogP contribution in [-0.2, 0) is 0 Å². The molecule has 0 fully saturated rings. The van der Waals surface area contributed by atoms with Gasteiger partial charge in [0.15, 0.2) is 0 Å². The fourth-order valence-electron chi connectivity index (χ4n) is 2.38. The molecule has 0 bridgehead atoms. The molecule has 5 heteroatoms. The normalized spacial score (nSPS) is 10.3. The quantitative estimate of drug-likeness (QED) is 0.709. The van der Waals surface area contributed by atoms with E-state index >= 15 is 0 Å². The van der Waals surface area contributed by atoms with Crippen LogP contribution >= 0.6 is 15.9 Å². The average molecular weight is 368 g/mol. The van der Waals surface area contributed by atoms with E-state index in [2.05, 4.69) is 20.9 Å².